The number of carbonyl (C=O) groups excluding carboxylic acids is 1. The minimum atomic E-state index is -0.285. The molecule has 1 aromatic carbocycles. The van der Waals surface area contributed by atoms with Crippen LogP contribution in [-0.4, -0.2) is 42.2 Å². The highest BCUT2D eigenvalue weighted by Crippen LogP contribution is 2.49. The van der Waals surface area contributed by atoms with Gasteiger partial charge in [-0.1, -0.05) is 23.2 Å². The molecule has 0 saturated carbocycles. The van der Waals surface area contributed by atoms with Crippen LogP contribution in [0, 0.1) is 5.92 Å². The molecule has 2 aliphatic heterocycles. The molecule has 4 rings (SSSR count). The number of halogens is 2. The van der Waals surface area contributed by atoms with Crippen LogP contribution < -0.4 is 10.2 Å². The fourth-order valence-corrected chi connectivity index (χ4v) is 4.27. The Bertz CT molecular complexity index is 859. The predicted octanol–water partition coefficient (Wildman–Crippen LogP) is 3.75. The van der Waals surface area contributed by atoms with Gasteiger partial charge in [0.25, 0.3) is 0 Å². The lowest BCUT2D eigenvalue weighted by Crippen LogP contribution is -2.36. The normalized spacial score (nSPS) is 26.2. The summed E-state index contributed by atoms with van der Waals surface area (Å²) in [5.74, 6) is 0.219. The number of ether oxygens (including phenoxy) is 1. The van der Waals surface area contributed by atoms with Gasteiger partial charge < -0.3 is 15.0 Å². The van der Waals surface area contributed by atoms with Crippen molar-refractivity contribution in [3.63, 3.8) is 0 Å². The third-order valence-electron chi connectivity index (χ3n) is 5.21. The summed E-state index contributed by atoms with van der Waals surface area (Å²) in [4.78, 5) is 23.7. The van der Waals surface area contributed by atoms with Crippen molar-refractivity contribution in [2.75, 3.05) is 24.3 Å². The van der Waals surface area contributed by atoms with E-state index < -0.39 is 0 Å². The lowest BCUT2D eigenvalue weighted by Gasteiger charge is -2.27. The number of carbonyl (C=O) groups is 1. The number of hydrogen-bond donors (Lipinski definition) is 1. The number of anilines is 2. The Labute approximate surface area is 167 Å². The number of fused-ring (bicyclic) bond motifs is 2. The second kappa shape index (κ2) is 7.26. The van der Waals surface area contributed by atoms with Gasteiger partial charge in [0.2, 0.25) is 11.9 Å². The summed E-state index contributed by atoms with van der Waals surface area (Å²) in [6.45, 7) is 0. The Morgan fingerprint density at radius 1 is 1.15 bits per heavy atom. The molecule has 2 bridgehead atoms. The Morgan fingerprint density at radius 3 is 2.52 bits per heavy atom. The van der Waals surface area contributed by atoms with Crippen LogP contribution in [0.4, 0.5) is 11.6 Å². The summed E-state index contributed by atoms with van der Waals surface area (Å²) in [6, 6.07) is 5.06. The molecule has 2 aliphatic rings. The molecular formula is C19H20Cl2N4O2. The zero-order valence-electron chi connectivity index (χ0n) is 15.0. The molecule has 4 unspecified atom stereocenters. The summed E-state index contributed by atoms with van der Waals surface area (Å²) in [5, 5.41) is 3.81. The first-order valence-corrected chi connectivity index (χ1v) is 9.60. The van der Waals surface area contributed by atoms with E-state index in [0.717, 1.165) is 18.4 Å². The summed E-state index contributed by atoms with van der Waals surface area (Å²) in [7, 11) is 3.78. The molecule has 4 atom stereocenters. The van der Waals surface area contributed by atoms with Gasteiger partial charge in [0.1, 0.15) is 0 Å². The molecule has 0 spiro atoms. The molecule has 27 heavy (non-hydrogen) atoms. The molecule has 2 aromatic rings. The highest BCUT2D eigenvalue weighted by Gasteiger charge is 2.53. The van der Waals surface area contributed by atoms with E-state index in [1.54, 1.807) is 30.6 Å². The smallest absolute Gasteiger partial charge is 0.230 e. The molecule has 0 aliphatic carbocycles. The Hall–Kier alpha value is -1.89. The van der Waals surface area contributed by atoms with E-state index in [1.165, 1.54) is 0 Å². The number of rotatable bonds is 4. The average molecular weight is 407 g/mol. The van der Waals surface area contributed by atoms with Gasteiger partial charge in [-0.3, -0.25) is 4.79 Å². The van der Waals surface area contributed by atoms with E-state index >= 15 is 0 Å². The van der Waals surface area contributed by atoms with E-state index in [1.807, 2.05) is 19.0 Å². The minimum absolute atomic E-state index is 0.0216. The highest BCUT2D eigenvalue weighted by molar-refractivity contribution is 6.42. The summed E-state index contributed by atoms with van der Waals surface area (Å²) >= 11 is 12.0. The summed E-state index contributed by atoms with van der Waals surface area (Å²) in [5.41, 5.74) is 1.55. The van der Waals surface area contributed by atoms with Gasteiger partial charge >= 0.3 is 0 Å². The third-order valence-corrected chi connectivity index (χ3v) is 5.95. The van der Waals surface area contributed by atoms with Gasteiger partial charge in [-0.25, -0.2) is 9.97 Å². The van der Waals surface area contributed by atoms with Crippen LogP contribution in [0.2, 0.25) is 10.0 Å². The van der Waals surface area contributed by atoms with Gasteiger partial charge in [-0.2, -0.15) is 0 Å². The molecule has 8 heteroatoms. The van der Waals surface area contributed by atoms with E-state index in [-0.39, 0.29) is 30.0 Å². The second-order valence-electron chi connectivity index (χ2n) is 7.17. The molecule has 2 fully saturated rings. The first-order valence-electron chi connectivity index (χ1n) is 8.84. The summed E-state index contributed by atoms with van der Waals surface area (Å²) < 4.78 is 6.06. The molecule has 6 nitrogen and oxygen atoms in total. The van der Waals surface area contributed by atoms with Gasteiger partial charge in [-0.05, 0) is 36.6 Å². The zero-order chi connectivity index (χ0) is 19.1. The fourth-order valence-electron chi connectivity index (χ4n) is 3.97. The Morgan fingerprint density at radius 2 is 1.85 bits per heavy atom. The number of hydrogen-bond acceptors (Lipinski definition) is 5. The molecule has 1 amide bonds. The van der Waals surface area contributed by atoms with E-state index in [2.05, 4.69) is 15.3 Å². The monoisotopic (exact) mass is 406 g/mol. The predicted molar refractivity (Wildman–Crippen MR) is 106 cm³/mol. The molecule has 1 aromatic heterocycles. The molecule has 0 radical (unpaired) electrons. The number of benzene rings is 1. The van der Waals surface area contributed by atoms with Crippen molar-refractivity contribution in [2.45, 2.75) is 31.0 Å². The minimum Gasteiger partial charge on any atom is -0.373 e. The maximum Gasteiger partial charge on any atom is 0.230 e. The van der Waals surface area contributed by atoms with Crippen molar-refractivity contribution in [3.8, 4) is 0 Å². The number of aromatic nitrogens is 2. The van der Waals surface area contributed by atoms with Gasteiger partial charge in [0.05, 0.1) is 28.2 Å². The topological polar surface area (TPSA) is 67.4 Å². The fraction of sp³-hybridized carbons (Fsp3) is 0.421. The number of nitrogens with one attached hydrogen (secondary N) is 1. The zero-order valence-corrected chi connectivity index (χ0v) is 16.5. The van der Waals surface area contributed by atoms with Crippen LogP contribution >= 0.6 is 23.2 Å². The molecule has 142 valence electrons. The Balaban J connectivity index is 1.57. The standard InChI is InChI=1S/C19H20Cl2N4O2/c1-25(2)19-22-8-10(9-23-19)16-14-5-6-15(27-14)17(16)18(26)24-11-3-4-12(20)13(21)7-11/h3-4,7-9,14-17H,5-6H2,1-2H3,(H,24,26). The first-order chi connectivity index (χ1) is 12.9. The van der Waals surface area contributed by atoms with Crippen LogP contribution in [0.5, 0.6) is 0 Å². The highest BCUT2D eigenvalue weighted by atomic mass is 35.5. The van der Waals surface area contributed by atoms with Crippen LogP contribution in [0.15, 0.2) is 30.6 Å². The molecular weight excluding hydrogens is 387 g/mol. The van der Waals surface area contributed by atoms with E-state index in [9.17, 15) is 4.79 Å². The van der Waals surface area contributed by atoms with Crippen molar-refractivity contribution in [1.82, 2.24) is 9.97 Å². The lowest BCUT2D eigenvalue weighted by molar-refractivity contribution is -0.121. The van der Waals surface area contributed by atoms with Crippen LogP contribution in [-0.2, 0) is 9.53 Å². The van der Waals surface area contributed by atoms with Crippen molar-refractivity contribution >= 4 is 40.7 Å². The molecule has 3 heterocycles. The van der Waals surface area contributed by atoms with E-state index in [4.69, 9.17) is 27.9 Å². The van der Waals surface area contributed by atoms with Crippen LogP contribution in [0.1, 0.15) is 24.3 Å². The van der Waals surface area contributed by atoms with Gasteiger partial charge in [-0.15, -0.1) is 0 Å². The van der Waals surface area contributed by atoms with Crippen LogP contribution in [0.3, 0.4) is 0 Å². The quantitative estimate of drug-likeness (QED) is 0.836. The van der Waals surface area contributed by atoms with Gasteiger partial charge in [0, 0.05) is 38.1 Å². The first kappa shape index (κ1) is 18.5. The second-order valence-corrected chi connectivity index (χ2v) is 7.99. The van der Waals surface area contributed by atoms with Crippen molar-refractivity contribution < 1.29 is 9.53 Å². The maximum atomic E-state index is 13.0. The van der Waals surface area contributed by atoms with Crippen molar-refractivity contribution in [2.24, 2.45) is 5.92 Å². The molecule has 1 N–H and O–H groups in total. The van der Waals surface area contributed by atoms with Gasteiger partial charge in [0.15, 0.2) is 0 Å². The number of nitrogens with zero attached hydrogens (tertiary/aromatic N) is 3. The maximum absolute atomic E-state index is 13.0. The van der Waals surface area contributed by atoms with Crippen molar-refractivity contribution in [3.05, 3.63) is 46.2 Å². The van der Waals surface area contributed by atoms with Crippen LogP contribution in [0.25, 0.3) is 0 Å². The average Bonchev–Trinajstić information content (AvgIpc) is 3.26. The van der Waals surface area contributed by atoms with Crippen molar-refractivity contribution in [1.29, 1.82) is 0 Å². The molecule has 2 saturated heterocycles. The largest absolute Gasteiger partial charge is 0.373 e. The summed E-state index contributed by atoms with van der Waals surface area (Å²) in [6.07, 6.45) is 5.37. The number of amides is 1. The Kier molecular flexibility index (Phi) is 4.97. The lowest BCUT2D eigenvalue weighted by atomic mass is 9.75. The van der Waals surface area contributed by atoms with E-state index in [0.29, 0.717) is 21.7 Å². The SMILES string of the molecule is CN(C)c1ncc(C2C3CCC(O3)C2C(=O)Nc2ccc(Cl)c(Cl)c2)cn1. The third kappa shape index (κ3) is 3.49.